The van der Waals surface area contributed by atoms with Crippen molar-refractivity contribution in [1.29, 1.82) is 0 Å². The van der Waals surface area contributed by atoms with Crippen molar-refractivity contribution in [2.45, 2.75) is 165 Å². The first-order valence-electron chi connectivity index (χ1n) is 17.4. The van der Waals surface area contributed by atoms with E-state index in [9.17, 15) is 22.9 Å². The fourth-order valence-electron chi connectivity index (χ4n) is 6.11. The average molecular weight is 686 g/mol. The minimum Gasteiger partial charge on any atom is -0.726 e. The van der Waals surface area contributed by atoms with Crippen molar-refractivity contribution in [3.63, 3.8) is 0 Å². The van der Waals surface area contributed by atoms with Gasteiger partial charge >= 0.3 is 35.5 Å². The van der Waals surface area contributed by atoms with Crippen molar-refractivity contribution < 1.29 is 75.6 Å². The molecule has 5 atom stereocenters. The van der Waals surface area contributed by atoms with Gasteiger partial charge in [0, 0.05) is 25.5 Å². The number of ether oxygens (including phenoxy) is 4. The number of esters is 1. The first kappa shape index (κ1) is 43.9. The predicted octanol–water partition coefficient (Wildman–Crippen LogP) is 2.59. The number of aliphatic hydroxyl groups excluding tert-OH is 1. The smallest absolute Gasteiger partial charge is 0.726 e. The number of allylic oxidation sites excluding steroid dienone is 1. The zero-order valence-electron chi connectivity index (χ0n) is 28.5. The van der Waals surface area contributed by atoms with Crippen LogP contribution in [0.2, 0.25) is 0 Å². The van der Waals surface area contributed by atoms with Gasteiger partial charge in [0.25, 0.3) is 0 Å². The standard InChI is InChI=1S/C33H61NO10S.Na/c1-2-41-31(36)21-17-13-12-16-20-30-32-29(35)22-24-33(43-30,44-32)23-18-14-10-8-6-4-3-5-7-9-11-15-19-25-40-26-28(34)27-42-45(37,38)39;/h17,21,28-30,32,35H,2-16,18-20,22-27,34H2,1H3,(H,37,38,39);/q;+1/p-1/b21-17+;/t28-,29+,30+,32+,33-;/m1./s1. The zero-order chi connectivity index (χ0) is 32.8. The van der Waals surface area contributed by atoms with Gasteiger partial charge < -0.3 is 34.3 Å². The van der Waals surface area contributed by atoms with Gasteiger partial charge in [0.15, 0.2) is 5.79 Å². The summed E-state index contributed by atoms with van der Waals surface area (Å²) in [5.41, 5.74) is 5.64. The topological polar surface area (TPSA) is 167 Å². The number of unbranched alkanes of at least 4 members (excludes halogenated alkanes) is 14. The molecular weight excluding hydrogens is 625 g/mol. The van der Waals surface area contributed by atoms with Crippen LogP contribution in [0, 0.1) is 0 Å². The first-order valence-corrected chi connectivity index (χ1v) is 18.8. The monoisotopic (exact) mass is 685 g/mol. The van der Waals surface area contributed by atoms with E-state index in [2.05, 4.69) is 4.18 Å². The Morgan fingerprint density at radius 3 is 2.17 bits per heavy atom. The Bertz CT molecular complexity index is 924. The largest absolute Gasteiger partial charge is 1.00 e. The predicted molar refractivity (Wildman–Crippen MR) is 171 cm³/mol. The molecule has 0 aromatic heterocycles. The molecular formula is C33H60NNaO10S. The van der Waals surface area contributed by atoms with Gasteiger partial charge in [0.1, 0.15) is 6.10 Å². The van der Waals surface area contributed by atoms with Crippen LogP contribution in [0.1, 0.15) is 135 Å². The Morgan fingerprint density at radius 1 is 0.957 bits per heavy atom. The Hall–Kier alpha value is -0.120. The maximum Gasteiger partial charge on any atom is 1.00 e. The Kier molecular flexibility index (Phi) is 24.6. The molecule has 0 spiro atoms. The Labute approximate surface area is 300 Å². The van der Waals surface area contributed by atoms with Crippen LogP contribution in [0.15, 0.2) is 12.2 Å². The normalized spacial score (nSPS) is 23.4. The van der Waals surface area contributed by atoms with Crippen molar-refractivity contribution in [1.82, 2.24) is 0 Å². The minimum atomic E-state index is -4.70. The third kappa shape index (κ3) is 20.4. The second-order valence-electron chi connectivity index (χ2n) is 12.6. The molecule has 0 unspecified atom stereocenters. The fraction of sp³-hybridized carbons (Fsp3) is 0.909. The van der Waals surface area contributed by atoms with Crippen molar-refractivity contribution in [3.8, 4) is 0 Å². The molecule has 2 heterocycles. The van der Waals surface area contributed by atoms with Gasteiger partial charge in [0.2, 0.25) is 10.4 Å². The third-order valence-electron chi connectivity index (χ3n) is 8.54. The quantitative estimate of drug-likeness (QED) is 0.0310. The van der Waals surface area contributed by atoms with Crippen LogP contribution >= 0.6 is 0 Å². The average Bonchev–Trinajstić information content (AvgIpc) is 3.30. The molecule has 2 saturated heterocycles. The second kappa shape index (κ2) is 25.8. The first-order chi connectivity index (χ1) is 21.6. The zero-order valence-corrected chi connectivity index (χ0v) is 31.4. The fourth-order valence-corrected chi connectivity index (χ4v) is 6.45. The molecule has 46 heavy (non-hydrogen) atoms. The van der Waals surface area contributed by atoms with E-state index in [1.165, 1.54) is 70.3 Å². The number of hydrogen-bond acceptors (Lipinski definition) is 11. The molecule has 0 radical (unpaired) electrons. The third-order valence-corrected chi connectivity index (χ3v) is 8.96. The van der Waals surface area contributed by atoms with Crippen LogP contribution in [0.4, 0.5) is 0 Å². The van der Waals surface area contributed by atoms with E-state index < -0.39 is 28.3 Å². The molecule has 2 aliphatic rings. The van der Waals surface area contributed by atoms with E-state index in [0.29, 0.717) is 13.2 Å². The Balaban J connectivity index is 0.0000106. The van der Waals surface area contributed by atoms with Gasteiger partial charge in [0.05, 0.1) is 38.1 Å². The summed E-state index contributed by atoms with van der Waals surface area (Å²) in [6, 6.07) is -0.624. The van der Waals surface area contributed by atoms with Gasteiger partial charge in [-0.05, 0) is 45.4 Å². The molecule has 13 heteroatoms. The molecule has 0 aromatic rings. The summed E-state index contributed by atoms with van der Waals surface area (Å²) in [6.45, 7) is 2.58. The molecule has 2 bridgehead atoms. The van der Waals surface area contributed by atoms with Gasteiger partial charge in [-0.2, -0.15) is 0 Å². The van der Waals surface area contributed by atoms with Crippen LogP contribution in [-0.4, -0.2) is 80.6 Å². The number of aliphatic hydroxyl groups is 1. The van der Waals surface area contributed by atoms with E-state index >= 15 is 0 Å². The SMILES string of the molecule is CCOC(=O)/C=C/CCCC[C@@H]1O[C@@]2(CCCCCCCCCCCCCCCOC[C@@H](N)COS(=O)(=O)[O-])CC[C@H](O)[C@@H]1O2.[Na+]. The molecule has 0 amide bonds. The number of hydrogen-bond donors (Lipinski definition) is 2. The van der Waals surface area contributed by atoms with E-state index in [1.54, 1.807) is 6.92 Å². The van der Waals surface area contributed by atoms with Crippen molar-refractivity contribution >= 4 is 16.4 Å². The summed E-state index contributed by atoms with van der Waals surface area (Å²) in [5.74, 6) is -0.805. The Morgan fingerprint density at radius 2 is 1.57 bits per heavy atom. The number of fused-ring (bicyclic) bond motifs is 2. The van der Waals surface area contributed by atoms with Crippen molar-refractivity contribution in [3.05, 3.63) is 12.2 Å². The van der Waals surface area contributed by atoms with E-state index in [0.717, 1.165) is 64.2 Å². The van der Waals surface area contributed by atoms with Crippen LogP contribution in [-0.2, 0) is 38.3 Å². The molecule has 2 fully saturated rings. The summed E-state index contributed by atoms with van der Waals surface area (Å²) in [4.78, 5) is 11.4. The summed E-state index contributed by atoms with van der Waals surface area (Å²) in [6.07, 6.45) is 24.3. The molecule has 0 saturated carbocycles. The van der Waals surface area contributed by atoms with Crippen LogP contribution < -0.4 is 35.3 Å². The van der Waals surface area contributed by atoms with E-state index in [-0.39, 0.29) is 60.9 Å². The minimum absolute atomic E-state index is 0. The van der Waals surface area contributed by atoms with Gasteiger partial charge in [-0.3, -0.25) is 4.18 Å². The van der Waals surface area contributed by atoms with Gasteiger partial charge in [-0.25, -0.2) is 13.2 Å². The van der Waals surface area contributed by atoms with Crippen LogP contribution in [0.5, 0.6) is 0 Å². The number of carbonyl (C=O) groups excluding carboxylic acids is 1. The van der Waals surface area contributed by atoms with Crippen molar-refractivity contribution in [2.75, 3.05) is 26.4 Å². The van der Waals surface area contributed by atoms with Crippen LogP contribution in [0.25, 0.3) is 0 Å². The van der Waals surface area contributed by atoms with Crippen molar-refractivity contribution in [2.24, 2.45) is 5.73 Å². The summed E-state index contributed by atoms with van der Waals surface area (Å²) < 4.78 is 58.4. The summed E-state index contributed by atoms with van der Waals surface area (Å²) >= 11 is 0. The molecule has 11 nitrogen and oxygen atoms in total. The van der Waals surface area contributed by atoms with Gasteiger partial charge in [-0.15, -0.1) is 0 Å². The maximum atomic E-state index is 11.4. The molecule has 3 N–H and O–H groups in total. The van der Waals surface area contributed by atoms with E-state index in [4.69, 9.17) is 24.7 Å². The number of rotatable bonds is 28. The molecule has 0 aliphatic carbocycles. The molecule has 264 valence electrons. The second-order valence-corrected chi connectivity index (χ2v) is 13.6. The summed E-state index contributed by atoms with van der Waals surface area (Å²) in [5, 5.41) is 10.5. The van der Waals surface area contributed by atoms with Gasteiger partial charge in [-0.1, -0.05) is 83.1 Å². The molecule has 2 aliphatic heterocycles. The summed E-state index contributed by atoms with van der Waals surface area (Å²) in [7, 11) is -4.70. The number of carbonyl (C=O) groups is 1. The van der Waals surface area contributed by atoms with Crippen LogP contribution in [0.3, 0.4) is 0 Å². The molecule has 0 aromatic carbocycles. The maximum absolute atomic E-state index is 11.4. The molecule has 2 rings (SSSR count). The van der Waals surface area contributed by atoms with E-state index in [1.807, 2.05) is 6.08 Å². The number of nitrogens with two attached hydrogens (primary N) is 1.